The van der Waals surface area contributed by atoms with E-state index in [1.54, 1.807) is 26.4 Å². The van der Waals surface area contributed by atoms with Crippen LogP contribution in [0.4, 0.5) is 0 Å². The monoisotopic (exact) mass is 358 g/mol. The second-order valence-electron chi connectivity index (χ2n) is 6.07. The SMILES string of the molecule is COc1cc(C(=O)Oc2cccc3ccccc23)c(OC)c2ccccc12. The standard InChI is InChI=1S/C23H18O4/c1-25-21-14-19(22(26-2)18-12-6-5-11-17(18)21)23(24)27-20-13-7-9-15-8-3-4-10-16(15)20/h3-14H,1-2H3. The molecule has 0 aromatic heterocycles. The maximum Gasteiger partial charge on any atom is 0.347 e. The molecule has 0 amide bonds. The highest BCUT2D eigenvalue weighted by atomic mass is 16.5. The molecule has 0 aliphatic carbocycles. The van der Waals surface area contributed by atoms with Gasteiger partial charge in [0.25, 0.3) is 0 Å². The highest BCUT2D eigenvalue weighted by Gasteiger charge is 2.21. The van der Waals surface area contributed by atoms with Crippen molar-refractivity contribution in [1.82, 2.24) is 0 Å². The van der Waals surface area contributed by atoms with Gasteiger partial charge in [-0.3, -0.25) is 0 Å². The first-order valence-electron chi connectivity index (χ1n) is 8.56. The Hall–Kier alpha value is -3.53. The van der Waals surface area contributed by atoms with Crippen molar-refractivity contribution in [3.05, 3.63) is 78.4 Å². The molecule has 0 spiro atoms. The topological polar surface area (TPSA) is 44.8 Å². The molecular formula is C23H18O4. The maximum atomic E-state index is 13.0. The molecule has 4 nitrogen and oxygen atoms in total. The van der Waals surface area contributed by atoms with Gasteiger partial charge < -0.3 is 14.2 Å². The fraction of sp³-hybridized carbons (Fsp3) is 0.0870. The van der Waals surface area contributed by atoms with Crippen LogP contribution in [0.25, 0.3) is 21.5 Å². The van der Waals surface area contributed by atoms with Crippen molar-refractivity contribution in [1.29, 1.82) is 0 Å². The summed E-state index contributed by atoms with van der Waals surface area (Å²) in [5.41, 5.74) is 0.320. The van der Waals surface area contributed by atoms with Gasteiger partial charge in [-0.15, -0.1) is 0 Å². The van der Waals surface area contributed by atoms with Gasteiger partial charge >= 0.3 is 5.97 Å². The predicted octanol–water partition coefficient (Wildman–Crippen LogP) is 5.23. The third kappa shape index (κ3) is 2.95. The van der Waals surface area contributed by atoms with Crippen LogP contribution in [-0.4, -0.2) is 20.2 Å². The second-order valence-corrected chi connectivity index (χ2v) is 6.07. The van der Waals surface area contributed by atoms with Gasteiger partial charge in [0.05, 0.1) is 14.2 Å². The minimum absolute atomic E-state index is 0.320. The molecule has 134 valence electrons. The Morgan fingerprint density at radius 3 is 2.11 bits per heavy atom. The number of rotatable bonds is 4. The van der Waals surface area contributed by atoms with Crippen molar-refractivity contribution in [3.63, 3.8) is 0 Å². The maximum absolute atomic E-state index is 13.0. The zero-order chi connectivity index (χ0) is 18.8. The van der Waals surface area contributed by atoms with Gasteiger partial charge in [0.2, 0.25) is 0 Å². The Morgan fingerprint density at radius 2 is 1.37 bits per heavy atom. The molecule has 0 fully saturated rings. The van der Waals surface area contributed by atoms with Gasteiger partial charge in [-0.2, -0.15) is 0 Å². The zero-order valence-electron chi connectivity index (χ0n) is 15.1. The number of hydrogen-bond acceptors (Lipinski definition) is 4. The lowest BCUT2D eigenvalue weighted by Crippen LogP contribution is -2.11. The molecule has 0 atom stereocenters. The minimum atomic E-state index is -0.493. The molecule has 4 heteroatoms. The van der Waals surface area contributed by atoms with Crippen LogP contribution in [0.2, 0.25) is 0 Å². The molecule has 0 unspecified atom stereocenters. The number of hydrogen-bond donors (Lipinski definition) is 0. The lowest BCUT2D eigenvalue weighted by atomic mass is 10.0. The lowest BCUT2D eigenvalue weighted by molar-refractivity contribution is 0.0733. The van der Waals surface area contributed by atoms with Crippen molar-refractivity contribution in [2.24, 2.45) is 0 Å². The molecule has 0 heterocycles. The van der Waals surface area contributed by atoms with E-state index in [4.69, 9.17) is 14.2 Å². The van der Waals surface area contributed by atoms with E-state index in [0.717, 1.165) is 21.5 Å². The number of fused-ring (bicyclic) bond motifs is 2. The number of carbonyl (C=O) groups is 1. The molecule has 0 saturated carbocycles. The Kier molecular flexibility index (Phi) is 4.38. The van der Waals surface area contributed by atoms with Crippen molar-refractivity contribution in [2.75, 3.05) is 14.2 Å². The van der Waals surface area contributed by atoms with Crippen LogP contribution in [0, 0.1) is 0 Å². The second kappa shape index (κ2) is 7.00. The molecule has 4 aromatic rings. The minimum Gasteiger partial charge on any atom is -0.496 e. The number of esters is 1. The first-order valence-corrected chi connectivity index (χ1v) is 8.56. The summed E-state index contributed by atoms with van der Waals surface area (Å²) in [6.45, 7) is 0. The fourth-order valence-electron chi connectivity index (χ4n) is 3.30. The van der Waals surface area contributed by atoms with Crippen molar-refractivity contribution >= 4 is 27.5 Å². The van der Waals surface area contributed by atoms with E-state index in [1.165, 1.54) is 0 Å². The summed E-state index contributed by atoms with van der Waals surface area (Å²) in [5.74, 6) is 1.08. The van der Waals surface area contributed by atoms with Crippen LogP contribution in [0.5, 0.6) is 17.2 Å². The first-order chi connectivity index (χ1) is 13.2. The highest BCUT2D eigenvalue weighted by molar-refractivity contribution is 6.05. The summed E-state index contributed by atoms with van der Waals surface area (Å²) in [6.07, 6.45) is 0. The average molecular weight is 358 g/mol. The van der Waals surface area contributed by atoms with Gasteiger partial charge in [0.1, 0.15) is 22.8 Å². The third-order valence-corrected chi connectivity index (χ3v) is 4.55. The van der Waals surface area contributed by atoms with Crippen LogP contribution < -0.4 is 14.2 Å². The van der Waals surface area contributed by atoms with Crippen molar-refractivity contribution < 1.29 is 19.0 Å². The van der Waals surface area contributed by atoms with Crippen LogP contribution >= 0.6 is 0 Å². The molecule has 0 N–H and O–H groups in total. The van der Waals surface area contributed by atoms with E-state index in [2.05, 4.69) is 0 Å². The summed E-state index contributed by atoms with van der Waals surface area (Å²) in [7, 11) is 3.12. The number of benzene rings is 4. The van der Waals surface area contributed by atoms with Gasteiger partial charge in [0, 0.05) is 16.2 Å². The van der Waals surface area contributed by atoms with Gasteiger partial charge in [0.15, 0.2) is 0 Å². The van der Waals surface area contributed by atoms with E-state index < -0.39 is 5.97 Å². The molecule has 4 aromatic carbocycles. The van der Waals surface area contributed by atoms with Crippen molar-refractivity contribution in [3.8, 4) is 17.2 Å². The fourth-order valence-corrected chi connectivity index (χ4v) is 3.30. The predicted molar refractivity (Wildman–Crippen MR) is 106 cm³/mol. The van der Waals surface area contributed by atoms with Crippen LogP contribution in [0.3, 0.4) is 0 Å². The van der Waals surface area contributed by atoms with Crippen LogP contribution in [-0.2, 0) is 0 Å². The molecular weight excluding hydrogens is 340 g/mol. The third-order valence-electron chi connectivity index (χ3n) is 4.55. The van der Waals surface area contributed by atoms with Gasteiger partial charge in [-0.25, -0.2) is 4.79 Å². The highest BCUT2D eigenvalue weighted by Crippen LogP contribution is 2.37. The summed E-state index contributed by atoms with van der Waals surface area (Å²) < 4.78 is 16.8. The summed E-state index contributed by atoms with van der Waals surface area (Å²) in [4.78, 5) is 13.0. The number of carbonyl (C=O) groups excluding carboxylic acids is 1. The van der Waals surface area contributed by atoms with E-state index in [1.807, 2.05) is 60.7 Å². The normalized spacial score (nSPS) is 10.7. The molecule has 0 bridgehead atoms. The summed E-state index contributed by atoms with van der Waals surface area (Å²) >= 11 is 0. The summed E-state index contributed by atoms with van der Waals surface area (Å²) in [6, 6.07) is 22.7. The van der Waals surface area contributed by atoms with Crippen molar-refractivity contribution in [2.45, 2.75) is 0 Å². The molecule has 4 rings (SSSR count). The van der Waals surface area contributed by atoms with Crippen LogP contribution in [0.15, 0.2) is 72.8 Å². The average Bonchev–Trinajstić information content (AvgIpc) is 2.72. The molecule has 0 aliphatic heterocycles. The zero-order valence-corrected chi connectivity index (χ0v) is 15.1. The Bertz CT molecular complexity index is 1140. The van der Waals surface area contributed by atoms with E-state index >= 15 is 0 Å². The number of methoxy groups -OCH3 is 2. The Labute approximate surface area is 156 Å². The summed E-state index contributed by atoms with van der Waals surface area (Å²) in [5, 5.41) is 3.55. The first kappa shape index (κ1) is 16.9. The van der Waals surface area contributed by atoms with E-state index in [-0.39, 0.29) is 0 Å². The lowest BCUT2D eigenvalue weighted by Gasteiger charge is -2.15. The van der Waals surface area contributed by atoms with Crippen LogP contribution in [0.1, 0.15) is 10.4 Å². The van der Waals surface area contributed by atoms with Gasteiger partial charge in [-0.1, -0.05) is 60.7 Å². The Morgan fingerprint density at radius 1 is 0.704 bits per heavy atom. The molecule has 0 radical (unpaired) electrons. The number of ether oxygens (including phenoxy) is 3. The molecule has 0 aliphatic rings. The smallest absolute Gasteiger partial charge is 0.347 e. The van der Waals surface area contributed by atoms with E-state index in [0.29, 0.717) is 22.8 Å². The Balaban J connectivity index is 1.83. The quantitative estimate of drug-likeness (QED) is 0.370. The largest absolute Gasteiger partial charge is 0.496 e. The molecule has 27 heavy (non-hydrogen) atoms. The van der Waals surface area contributed by atoms with E-state index in [9.17, 15) is 4.79 Å². The molecule has 0 saturated heterocycles. The van der Waals surface area contributed by atoms with Gasteiger partial charge in [-0.05, 0) is 17.5 Å².